The van der Waals surface area contributed by atoms with Crippen LogP contribution in [0.2, 0.25) is 0 Å². The second-order valence-corrected chi connectivity index (χ2v) is 4.98. The first-order valence-corrected chi connectivity index (χ1v) is 6.44. The van der Waals surface area contributed by atoms with E-state index in [2.05, 4.69) is 15.0 Å². The molecule has 0 aromatic carbocycles. The predicted octanol–water partition coefficient (Wildman–Crippen LogP) is 3.06. The third-order valence-corrected chi connectivity index (χ3v) is 3.45. The van der Waals surface area contributed by atoms with Gasteiger partial charge in [0.15, 0.2) is 10.4 Å². The Bertz CT molecular complexity index is 792. The number of nitrogens with zero attached hydrogens (tertiary/aromatic N) is 3. The summed E-state index contributed by atoms with van der Waals surface area (Å²) in [5.41, 5.74) is 3.62. The highest BCUT2D eigenvalue weighted by Crippen LogP contribution is 2.16. The molecular weight excluding hydrogens is 260 g/mol. The van der Waals surface area contributed by atoms with E-state index in [0.29, 0.717) is 17.2 Å². The second kappa shape index (κ2) is 4.31. The number of oxazole rings is 1. The zero-order valence-electron chi connectivity index (χ0n) is 11.0. The van der Waals surface area contributed by atoms with Crippen LogP contribution in [-0.4, -0.2) is 19.5 Å². The van der Waals surface area contributed by atoms with E-state index in [4.69, 9.17) is 16.6 Å². The molecule has 98 valence electrons. The molecule has 3 rings (SSSR count). The normalized spacial score (nSPS) is 11.3. The Balaban J connectivity index is 2.11. The van der Waals surface area contributed by atoms with Crippen LogP contribution in [0.3, 0.4) is 0 Å². The molecule has 1 N–H and O–H groups in total. The molecule has 0 aliphatic heterocycles. The Kier molecular flexibility index (Phi) is 2.74. The Morgan fingerprint density at radius 2 is 2.05 bits per heavy atom. The van der Waals surface area contributed by atoms with Gasteiger partial charge in [0.05, 0.1) is 11.2 Å². The van der Waals surface area contributed by atoms with Crippen molar-refractivity contribution < 1.29 is 4.42 Å². The van der Waals surface area contributed by atoms with Crippen LogP contribution in [0.5, 0.6) is 0 Å². The summed E-state index contributed by atoms with van der Waals surface area (Å²) in [4.78, 5) is 12.0. The van der Waals surface area contributed by atoms with Gasteiger partial charge in [0.25, 0.3) is 0 Å². The van der Waals surface area contributed by atoms with E-state index in [-0.39, 0.29) is 0 Å². The first-order valence-electron chi connectivity index (χ1n) is 6.03. The molecule has 0 spiro atoms. The van der Waals surface area contributed by atoms with Crippen LogP contribution >= 0.6 is 12.2 Å². The van der Waals surface area contributed by atoms with E-state index in [1.807, 2.05) is 37.5 Å². The molecule has 0 fully saturated rings. The number of aryl methyl sites for hydroxylation is 3. The van der Waals surface area contributed by atoms with Gasteiger partial charge in [-0.1, -0.05) is 0 Å². The van der Waals surface area contributed by atoms with Gasteiger partial charge in [0.1, 0.15) is 12.3 Å². The summed E-state index contributed by atoms with van der Waals surface area (Å²) >= 11 is 5.33. The molecule has 0 amide bonds. The second-order valence-electron chi connectivity index (χ2n) is 4.59. The Morgan fingerprint density at radius 3 is 2.74 bits per heavy atom. The smallest absolute Gasteiger partial charge is 0.214 e. The molecule has 0 unspecified atom stereocenters. The third-order valence-electron chi connectivity index (χ3n) is 3.12. The maximum absolute atomic E-state index is 5.60. The summed E-state index contributed by atoms with van der Waals surface area (Å²) in [7, 11) is 0. The van der Waals surface area contributed by atoms with Crippen molar-refractivity contribution in [3.05, 3.63) is 39.9 Å². The molecule has 3 aromatic heterocycles. The summed E-state index contributed by atoms with van der Waals surface area (Å²) in [5.74, 6) is 1.49. The van der Waals surface area contributed by atoms with Gasteiger partial charge in [-0.05, 0) is 45.1 Å². The molecule has 3 aromatic rings. The average molecular weight is 274 g/mol. The van der Waals surface area contributed by atoms with Crippen molar-refractivity contribution in [1.82, 2.24) is 19.5 Å². The number of nitrogens with one attached hydrogen (secondary N) is 1. The summed E-state index contributed by atoms with van der Waals surface area (Å²) in [5, 5.41) is 0. The van der Waals surface area contributed by atoms with E-state index in [1.54, 1.807) is 0 Å². The molecule has 0 atom stereocenters. The fourth-order valence-electron chi connectivity index (χ4n) is 2.01. The Labute approximate surface area is 115 Å². The molecule has 0 saturated heterocycles. The van der Waals surface area contributed by atoms with Gasteiger partial charge in [0.2, 0.25) is 5.89 Å². The lowest BCUT2D eigenvalue weighted by Gasteiger charge is -2.00. The van der Waals surface area contributed by atoms with E-state index in [0.717, 1.165) is 28.3 Å². The van der Waals surface area contributed by atoms with Gasteiger partial charge in [-0.2, -0.15) is 0 Å². The molecule has 19 heavy (non-hydrogen) atoms. The topological polar surface area (TPSA) is 59.6 Å². The molecule has 5 nitrogen and oxygen atoms in total. The zero-order chi connectivity index (χ0) is 13.6. The van der Waals surface area contributed by atoms with Crippen LogP contribution in [0.15, 0.2) is 16.5 Å². The molecule has 0 radical (unpaired) electrons. The van der Waals surface area contributed by atoms with Crippen LogP contribution in [0, 0.1) is 25.5 Å². The van der Waals surface area contributed by atoms with Crippen molar-refractivity contribution in [3.63, 3.8) is 0 Å². The third kappa shape index (κ3) is 2.08. The van der Waals surface area contributed by atoms with Crippen LogP contribution in [0.4, 0.5) is 0 Å². The first kappa shape index (κ1) is 12.1. The SMILES string of the molecule is Cc1ccc2[nH]c(=S)n(Cc3nc(C)c(C)o3)c2n1. The number of hydrogen-bond donors (Lipinski definition) is 1. The number of rotatable bonds is 2. The number of pyridine rings is 1. The molecule has 0 saturated carbocycles. The molecule has 0 aliphatic rings. The summed E-state index contributed by atoms with van der Waals surface area (Å²) < 4.78 is 8.13. The Hall–Kier alpha value is -1.95. The molecule has 0 aliphatic carbocycles. The van der Waals surface area contributed by atoms with Crippen LogP contribution < -0.4 is 0 Å². The van der Waals surface area contributed by atoms with Gasteiger partial charge >= 0.3 is 0 Å². The first-order chi connectivity index (χ1) is 9.04. The van der Waals surface area contributed by atoms with Crippen molar-refractivity contribution >= 4 is 23.4 Å². The van der Waals surface area contributed by atoms with E-state index in [1.165, 1.54) is 0 Å². The van der Waals surface area contributed by atoms with E-state index in [9.17, 15) is 0 Å². The lowest BCUT2D eigenvalue weighted by Crippen LogP contribution is -2.01. The van der Waals surface area contributed by atoms with E-state index < -0.39 is 0 Å². The molecule has 3 heterocycles. The minimum atomic E-state index is 0.490. The van der Waals surface area contributed by atoms with Crippen molar-refractivity contribution in [3.8, 4) is 0 Å². The number of H-pyrrole nitrogens is 1. The van der Waals surface area contributed by atoms with Crippen LogP contribution in [-0.2, 0) is 6.54 Å². The maximum Gasteiger partial charge on any atom is 0.214 e. The van der Waals surface area contributed by atoms with E-state index >= 15 is 0 Å². The number of fused-ring (bicyclic) bond motifs is 1. The van der Waals surface area contributed by atoms with Crippen molar-refractivity contribution in [2.45, 2.75) is 27.3 Å². The fourth-order valence-corrected chi connectivity index (χ4v) is 2.27. The molecular formula is C13H14N4OS. The zero-order valence-corrected chi connectivity index (χ0v) is 11.8. The Morgan fingerprint density at radius 1 is 1.26 bits per heavy atom. The number of aromatic amines is 1. The van der Waals surface area contributed by atoms with Crippen LogP contribution in [0.1, 0.15) is 23.0 Å². The lowest BCUT2D eigenvalue weighted by atomic mass is 10.3. The highest BCUT2D eigenvalue weighted by molar-refractivity contribution is 7.71. The minimum Gasteiger partial charge on any atom is -0.444 e. The molecule has 0 bridgehead atoms. The van der Waals surface area contributed by atoms with Crippen molar-refractivity contribution in [2.24, 2.45) is 0 Å². The van der Waals surface area contributed by atoms with Crippen LogP contribution in [0.25, 0.3) is 11.2 Å². The number of hydrogen-bond acceptors (Lipinski definition) is 4. The monoisotopic (exact) mass is 274 g/mol. The highest BCUT2D eigenvalue weighted by atomic mass is 32.1. The maximum atomic E-state index is 5.60. The number of imidazole rings is 1. The summed E-state index contributed by atoms with van der Waals surface area (Å²) in [6, 6.07) is 3.94. The quantitative estimate of drug-likeness (QED) is 0.730. The largest absolute Gasteiger partial charge is 0.444 e. The number of aromatic nitrogens is 4. The van der Waals surface area contributed by atoms with Gasteiger partial charge in [-0.3, -0.25) is 4.57 Å². The standard InChI is InChI=1S/C13H14N4OS/c1-7-4-5-10-12(14-7)17(13(19)16-10)6-11-15-8(2)9(3)18-11/h4-5H,6H2,1-3H3,(H,16,19). The van der Waals surface area contributed by atoms with Gasteiger partial charge in [-0.25, -0.2) is 9.97 Å². The molecule has 6 heteroatoms. The predicted molar refractivity (Wildman–Crippen MR) is 74.7 cm³/mol. The van der Waals surface area contributed by atoms with Crippen molar-refractivity contribution in [2.75, 3.05) is 0 Å². The average Bonchev–Trinajstić information content (AvgIpc) is 2.82. The van der Waals surface area contributed by atoms with Gasteiger partial charge < -0.3 is 9.40 Å². The minimum absolute atomic E-state index is 0.490. The lowest BCUT2D eigenvalue weighted by molar-refractivity contribution is 0.457. The fraction of sp³-hybridized carbons (Fsp3) is 0.308. The summed E-state index contributed by atoms with van der Waals surface area (Å²) in [6.07, 6.45) is 0. The van der Waals surface area contributed by atoms with Gasteiger partial charge in [0, 0.05) is 5.69 Å². The van der Waals surface area contributed by atoms with Crippen molar-refractivity contribution in [1.29, 1.82) is 0 Å². The summed E-state index contributed by atoms with van der Waals surface area (Å²) in [6.45, 7) is 6.28. The highest BCUT2D eigenvalue weighted by Gasteiger charge is 2.11. The van der Waals surface area contributed by atoms with Gasteiger partial charge in [-0.15, -0.1) is 0 Å².